The van der Waals surface area contributed by atoms with Gasteiger partial charge >= 0.3 is 6.09 Å². The highest BCUT2D eigenvalue weighted by atomic mass is 28.4. The van der Waals surface area contributed by atoms with E-state index in [9.17, 15) is 9.59 Å². The van der Waals surface area contributed by atoms with Gasteiger partial charge in [0.05, 0.1) is 6.04 Å². The van der Waals surface area contributed by atoms with Crippen molar-refractivity contribution in [1.29, 1.82) is 0 Å². The lowest BCUT2D eigenvalue weighted by Gasteiger charge is -2.31. The van der Waals surface area contributed by atoms with E-state index in [1.165, 1.54) is 0 Å². The Morgan fingerprint density at radius 3 is 2.38 bits per heavy atom. The van der Waals surface area contributed by atoms with Crippen LogP contribution in [0.25, 0.3) is 0 Å². The zero-order chi connectivity index (χ0) is 24.6. The monoisotopic (exact) mass is 466 g/mol. The third-order valence-corrected chi connectivity index (χ3v) is 7.76. The van der Waals surface area contributed by atoms with E-state index in [-0.39, 0.29) is 17.4 Å². The van der Waals surface area contributed by atoms with Gasteiger partial charge in [-0.2, -0.15) is 0 Å². The first-order valence-corrected chi connectivity index (χ1v) is 15.0. The van der Waals surface area contributed by atoms with Crippen molar-refractivity contribution in [2.75, 3.05) is 19.7 Å². The van der Waals surface area contributed by atoms with E-state index in [1.807, 2.05) is 43.9 Å². The minimum Gasteiger partial charge on any atom is -0.444 e. The number of amides is 2. The number of carbonyl (C=O) groups excluding carboxylic acids is 2. The molecule has 0 aromatic heterocycles. The van der Waals surface area contributed by atoms with Crippen LogP contribution in [-0.4, -0.2) is 56.6 Å². The zero-order valence-corrected chi connectivity index (χ0v) is 22.8. The Balaban J connectivity index is 2.60. The van der Waals surface area contributed by atoms with Gasteiger partial charge in [0.1, 0.15) is 5.60 Å². The molecule has 184 valence electrons. The highest BCUT2D eigenvalue weighted by Crippen LogP contribution is 2.28. The van der Waals surface area contributed by atoms with Crippen molar-refractivity contribution in [3.63, 3.8) is 0 Å². The van der Waals surface area contributed by atoms with Gasteiger partial charge in [-0.15, -0.1) is 0 Å². The Kier molecular flexibility index (Phi) is 10.7. The number of nitrogens with one attached hydrogen (secondary N) is 1. The minimum absolute atomic E-state index is 0.0402. The van der Waals surface area contributed by atoms with Crippen LogP contribution in [0.2, 0.25) is 19.1 Å². The van der Waals surface area contributed by atoms with Crippen LogP contribution in [0.15, 0.2) is 23.8 Å². The van der Waals surface area contributed by atoms with E-state index in [1.54, 1.807) is 0 Å². The Hall–Kier alpha value is -1.60. The third-order valence-electron chi connectivity index (χ3n) is 4.86. The van der Waals surface area contributed by atoms with Crippen LogP contribution < -0.4 is 5.32 Å². The van der Waals surface area contributed by atoms with Gasteiger partial charge in [-0.25, -0.2) is 4.79 Å². The maximum absolute atomic E-state index is 13.2. The van der Waals surface area contributed by atoms with E-state index in [0.717, 1.165) is 18.9 Å². The van der Waals surface area contributed by atoms with Crippen LogP contribution in [-0.2, 0) is 14.0 Å². The van der Waals surface area contributed by atoms with Gasteiger partial charge in [0.15, 0.2) is 8.32 Å². The molecular weight excluding hydrogens is 420 g/mol. The second-order valence-electron chi connectivity index (χ2n) is 11.5. The Labute approximate surface area is 196 Å². The Morgan fingerprint density at radius 2 is 1.81 bits per heavy atom. The van der Waals surface area contributed by atoms with E-state index >= 15 is 0 Å². The molecule has 0 saturated heterocycles. The lowest BCUT2D eigenvalue weighted by molar-refractivity contribution is -0.127. The summed E-state index contributed by atoms with van der Waals surface area (Å²) in [6.45, 7) is 21.0. The molecule has 2 amide bonds. The summed E-state index contributed by atoms with van der Waals surface area (Å²) >= 11 is 0. The quantitative estimate of drug-likeness (QED) is 0.333. The zero-order valence-electron chi connectivity index (χ0n) is 21.8. The first-order valence-electron chi connectivity index (χ1n) is 11.9. The fourth-order valence-corrected chi connectivity index (χ4v) is 7.47. The Bertz CT molecular complexity index is 687. The van der Waals surface area contributed by atoms with Gasteiger partial charge in [-0.1, -0.05) is 45.9 Å². The van der Waals surface area contributed by atoms with E-state index in [4.69, 9.17) is 9.16 Å². The topological polar surface area (TPSA) is 67.9 Å². The Morgan fingerprint density at radius 1 is 1.16 bits per heavy atom. The lowest BCUT2D eigenvalue weighted by Crippen LogP contribution is -2.41. The van der Waals surface area contributed by atoms with Gasteiger partial charge < -0.3 is 19.4 Å². The predicted octanol–water partition coefficient (Wildman–Crippen LogP) is 5.66. The number of hydrogen-bond acceptors (Lipinski definition) is 4. The average molecular weight is 467 g/mol. The summed E-state index contributed by atoms with van der Waals surface area (Å²) in [6.07, 6.45) is 7.32. The predicted molar refractivity (Wildman–Crippen MR) is 134 cm³/mol. The van der Waals surface area contributed by atoms with Gasteiger partial charge in [0.2, 0.25) is 5.91 Å². The van der Waals surface area contributed by atoms with Crippen LogP contribution in [0.3, 0.4) is 0 Å². The molecule has 0 aromatic rings. The van der Waals surface area contributed by atoms with Crippen molar-refractivity contribution in [2.24, 2.45) is 5.41 Å². The molecule has 1 aliphatic carbocycles. The van der Waals surface area contributed by atoms with E-state index < -0.39 is 20.0 Å². The molecule has 32 heavy (non-hydrogen) atoms. The molecule has 7 heteroatoms. The highest BCUT2D eigenvalue weighted by Gasteiger charge is 2.29. The molecular formula is C25H46N2O4Si. The van der Waals surface area contributed by atoms with E-state index in [2.05, 4.69) is 46.1 Å². The molecule has 0 aromatic carbocycles. The second kappa shape index (κ2) is 12.0. The van der Waals surface area contributed by atoms with Crippen molar-refractivity contribution >= 4 is 20.3 Å². The number of rotatable bonds is 10. The standard InChI is InChI=1S/C25H46N2O4Si/c1-10-15-27(16-12-17-30-32(8,9)19-24(2,3)4)22(28)20-13-11-14-21(18-20)26-23(29)31-25(5,6)7/h11,13-14,21H,10,12,15-19H2,1-9H3,(H,26,29). The summed E-state index contributed by atoms with van der Waals surface area (Å²) in [6, 6.07) is 0.868. The summed E-state index contributed by atoms with van der Waals surface area (Å²) in [5.74, 6) is 0.0402. The fraction of sp³-hybridized carbons (Fsp3) is 0.760. The smallest absolute Gasteiger partial charge is 0.408 e. The molecule has 0 fully saturated rings. The summed E-state index contributed by atoms with van der Waals surface area (Å²) in [4.78, 5) is 27.2. The van der Waals surface area contributed by atoms with Crippen molar-refractivity contribution in [3.05, 3.63) is 23.8 Å². The largest absolute Gasteiger partial charge is 0.444 e. The molecule has 0 aliphatic heterocycles. The molecule has 1 N–H and O–H groups in total. The number of nitrogens with zero attached hydrogens (tertiary/aromatic N) is 1. The molecule has 0 bridgehead atoms. The molecule has 1 atom stereocenters. The van der Waals surface area contributed by atoms with Gasteiger partial charge in [-0.3, -0.25) is 4.79 Å². The summed E-state index contributed by atoms with van der Waals surface area (Å²) in [7, 11) is -1.71. The number of allylic oxidation sites excluding steroid dienone is 2. The molecule has 1 aliphatic rings. The maximum atomic E-state index is 13.2. The van der Waals surface area contributed by atoms with Crippen LogP contribution in [0, 0.1) is 5.41 Å². The SMILES string of the molecule is CCCN(CCCO[Si](C)(C)CC(C)(C)C)C(=O)C1=CC=CC(NC(=O)OC(C)(C)C)C1. The van der Waals surface area contributed by atoms with Crippen LogP contribution >= 0.6 is 0 Å². The molecule has 6 nitrogen and oxygen atoms in total. The summed E-state index contributed by atoms with van der Waals surface area (Å²) in [5.41, 5.74) is 0.428. The van der Waals surface area contributed by atoms with Gasteiger partial charge in [0.25, 0.3) is 0 Å². The minimum atomic E-state index is -1.71. The highest BCUT2D eigenvalue weighted by molar-refractivity contribution is 6.71. The molecule has 0 heterocycles. The molecule has 0 saturated carbocycles. The van der Waals surface area contributed by atoms with Gasteiger partial charge in [-0.05, 0) is 58.2 Å². The molecule has 0 radical (unpaired) electrons. The molecule has 0 spiro atoms. The third kappa shape index (κ3) is 11.9. The molecule has 1 rings (SSSR count). The van der Waals surface area contributed by atoms with Crippen LogP contribution in [0.4, 0.5) is 4.79 Å². The first kappa shape index (κ1) is 28.4. The van der Waals surface area contributed by atoms with Crippen molar-refractivity contribution in [3.8, 4) is 0 Å². The lowest BCUT2D eigenvalue weighted by atomic mass is 9.99. The van der Waals surface area contributed by atoms with Crippen molar-refractivity contribution in [2.45, 2.75) is 98.5 Å². The maximum Gasteiger partial charge on any atom is 0.408 e. The number of alkyl carbamates (subject to hydrolysis) is 1. The van der Waals surface area contributed by atoms with Crippen LogP contribution in [0.5, 0.6) is 0 Å². The van der Waals surface area contributed by atoms with Crippen molar-refractivity contribution in [1.82, 2.24) is 10.2 Å². The molecule has 1 unspecified atom stereocenters. The number of carbonyl (C=O) groups is 2. The number of ether oxygens (including phenoxy) is 1. The van der Waals surface area contributed by atoms with Crippen molar-refractivity contribution < 1.29 is 18.8 Å². The van der Waals surface area contributed by atoms with E-state index in [0.29, 0.717) is 31.7 Å². The number of hydrogen-bond donors (Lipinski definition) is 1. The van der Waals surface area contributed by atoms with Crippen LogP contribution in [0.1, 0.15) is 67.7 Å². The average Bonchev–Trinajstić information content (AvgIpc) is 2.60. The summed E-state index contributed by atoms with van der Waals surface area (Å²) < 4.78 is 11.6. The second-order valence-corrected chi connectivity index (χ2v) is 15.7. The van der Waals surface area contributed by atoms with Gasteiger partial charge in [0, 0.05) is 31.7 Å². The fourth-order valence-electron chi connectivity index (χ4n) is 4.12. The summed E-state index contributed by atoms with van der Waals surface area (Å²) in [5, 5.41) is 2.84. The normalized spacial score (nSPS) is 17.0. The first-order chi connectivity index (χ1) is 14.6.